The van der Waals surface area contributed by atoms with Gasteiger partial charge in [-0.1, -0.05) is 0 Å². The van der Waals surface area contributed by atoms with Gasteiger partial charge < -0.3 is 24.7 Å². The first kappa shape index (κ1) is 24.9. The van der Waals surface area contributed by atoms with Crippen LogP contribution in [0.4, 0.5) is 0 Å². The van der Waals surface area contributed by atoms with Gasteiger partial charge in [-0.05, 0) is 0 Å². The average Bonchev–Trinajstić information content (AvgIpc) is 2.64. The van der Waals surface area contributed by atoms with Crippen LogP contribution in [0.15, 0.2) is 21.9 Å². The monoisotopic (exact) mass is 402 g/mol. The standard InChI is InChI=1S/C9H13N2O9P.2K/c12-5-1-2-11(9(15)10-5)8-7(14)6(13)4(20-8)3-19-21(16,17)18;;/h1-2,4,6-8,13-14H,3H2,(H,10,12,15)(H2,16,17,18);;/t4-,6-,7-,8-;;/m1../s1. The molecule has 1 saturated heterocycles. The number of hydrogen-bond acceptors (Lipinski definition) is 7. The molecule has 1 aliphatic rings. The zero-order valence-electron chi connectivity index (χ0n) is 12.4. The SMILES string of the molecule is O=c1ccn([C@@H]2O[C@H](COP(=O)(O)O)[C@@H](O)[C@H]2O)c(=O)[nH]1.[K].[K]. The molecule has 0 aliphatic carbocycles. The zero-order chi connectivity index (χ0) is 15.8. The second-order valence-electron chi connectivity index (χ2n) is 4.35. The van der Waals surface area contributed by atoms with Crippen molar-refractivity contribution in [2.45, 2.75) is 24.5 Å². The Morgan fingerprint density at radius 1 is 1.26 bits per heavy atom. The van der Waals surface area contributed by atoms with Gasteiger partial charge in [0.2, 0.25) is 0 Å². The summed E-state index contributed by atoms with van der Waals surface area (Å²) in [5, 5.41) is 19.6. The molecule has 0 spiro atoms. The van der Waals surface area contributed by atoms with Crippen LogP contribution in [-0.2, 0) is 13.8 Å². The van der Waals surface area contributed by atoms with E-state index in [-0.39, 0.29) is 103 Å². The Labute approximate surface area is 214 Å². The molecule has 1 fully saturated rings. The molecular formula is C9H13K2N2O9P. The summed E-state index contributed by atoms with van der Waals surface area (Å²) in [6, 6.07) is 1.02. The van der Waals surface area contributed by atoms with E-state index in [4.69, 9.17) is 14.5 Å². The first-order chi connectivity index (χ1) is 9.69. The van der Waals surface area contributed by atoms with Crippen molar-refractivity contribution >= 4 is 111 Å². The Hall–Kier alpha value is 1.94. The molecule has 1 aliphatic heterocycles. The van der Waals surface area contributed by atoms with E-state index in [1.165, 1.54) is 0 Å². The number of nitrogens with one attached hydrogen (secondary N) is 1. The van der Waals surface area contributed by atoms with E-state index in [0.717, 1.165) is 16.8 Å². The number of phosphoric acid groups is 1. The normalized spacial score (nSPS) is 27.1. The summed E-state index contributed by atoms with van der Waals surface area (Å²) in [7, 11) is -4.76. The van der Waals surface area contributed by atoms with Crippen LogP contribution in [0, 0.1) is 0 Å². The molecule has 0 amide bonds. The minimum absolute atomic E-state index is 0. The molecule has 0 saturated carbocycles. The predicted molar refractivity (Wildman–Crippen MR) is 76.8 cm³/mol. The summed E-state index contributed by atoms with van der Waals surface area (Å²) < 4.78 is 20.8. The molecule has 120 valence electrons. The fourth-order valence-corrected chi connectivity index (χ4v) is 2.24. The third-order valence-corrected chi connectivity index (χ3v) is 3.35. The van der Waals surface area contributed by atoms with Gasteiger partial charge in [0.05, 0.1) is 6.61 Å². The molecule has 2 radical (unpaired) electrons. The van der Waals surface area contributed by atoms with Gasteiger partial charge in [0.1, 0.15) is 18.3 Å². The van der Waals surface area contributed by atoms with Gasteiger partial charge in [-0.2, -0.15) is 0 Å². The van der Waals surface area contributed by atoms with Crippen molar-refractivity contribution in [2.24, 2.45) is 0 Å². The number of H-pyrrole nitrogens is 1. The quantitative estimate of drug-likeness (QED) is 0.253. The van der Waals surface area contributed by atoms with Crippen LogP contribution < -0.4 is 11.2 Å². The van der Waals surface area contributed by atoms with Gasteiger partial charge in [-0.15, -0.1) is 0 Å². The Bertz CT molecular complexity index is 673. The van der Waals surface area contributed by atoms with Gasteiger partial charge in [0.15, 0.2) is 6.23 Å². The van der Waals surface area contributed by atoms with Crippen molar-refractivity contribution in [1.82, 2.24) is 9.55 Å². The summed E-state index contributed by atoms with van der Waals surface area (Å²) in [4.78, 5) is 41.6. The first-order valence-electron chi connectivity index (χ1n) is 5.72. The molecule has 5 N–H and O–H groups in total. The van der Waals surface area contributed by atoms with Crippen LogP contribution in [-0.4, -0.2) is 157 Å². The molecule has 0 bridgehead atoms. The summed E-state index contributed by atoms with van der Waals surface area (Å²) in [6.45, 7) is -0.683. The van der Waals surface area contributed by atoms with Crippen molar-refractivity contribution in [1.29, 1.82) is 0 Å². The largest absolute Gasteiger partial charge is 0.469 e. The maximum Gasteiger partial charge on any atom is 0.469 e. The number of phosphoric ester groups is 1. The Morgan fingerprint density at radius 2 is 1.87 bits per heavy atom. The van der Waals surface area contributed by atoms with E-state index >= 15 is 0 Å². The van der Waals surface area contributed by atoms with Gasteiger partial charge in [0.25, 0.3) is 5.56 Å². The minimum atomic E-state index is -4.76. The minimum Gasteiger partial charge on any atom is -0.387 e. The number of ether oxygens (including phenoxy) is 1. The number of aliphatic hydroxyl groups is 2. The second kappa shape index (κ2) is 10.3. The first-order valence-corrected chi connectivity index (χ1v) is 7.25. The van der Waals surface area contributed by atoms with Gasteiger partial charge in [0, 0.05) is 115 Å². The molecule has 0 unspecified atom stereocenters. The van der Waals surface area contributed by atoms with E-state index in [9.17, 15) is 24.4 Å². The second-order valence-corrected chi connectivity index (χ2v) is 5.59. The zero-order valence-corrected chi connectivity index (χ0v) is 19.5. The molecule has 2 heterocycles. The van der Waals surface area contributed by atoms with Crippen LogP contribution in [0.25, 0.3) is 0 Å². The molecule has 2 rings (SSSR count). The van der Waals surface area contributed by atoms with Gasteiger partial charge in [-0.3, -0.25) is 18.9 Å². The maximum atomic E-state index is 11.6. The number of aromatic amines is 1. The number of aliphatic hydroxyl groups excluding tert-OH is 2. The van der Waals surface area contributed by atoms with Crippen molar-refractivity contribution in [3.05, 3.63) is 33.1 Å². The molecule has 1 aromatic rings. The van der Waals surface area contributed by atoms with E-state index in [1.807, 2.05) is 4.98 Å². The molecule has 4 atom stereocenters. The van der Waals surface area contributed by atoms with Gasteiger partial charge in [-0.25, -0.2) is 9.36 Å². The van der Waals surface area contributed by atoms with E-state index < -0.39 is 50.2 Å². The van der Waals surface area contributed by atoms with Crippen LogP contribution in [0.5, 0.6) is 0 Å². The molecule has 1 aromatic heterocycles. The number of nitrogens with zero attached hydrogens (tertiary/aromatic N) is 1. The van der Waals surface area contributed by atoms with Crippen LogP contribution in [0.1, 0.15) is 6.23 Å². The average molecular weight is 402 g/mol. The third-order valence-electron chi connectivity index (χ3n) is 2.87. The smallest absolute Gasteiger partial charge is 0.387 e. The Morgan fingerprint density at radius 3 is 2.39 bits per heavy atom. The van der Waals surface area contributed by atoms with Crippen LogP contribution >= 0.6 is 7.82 Å². The third kappa shape index (κ3) is 6.88. The molecule has 11 nitrogen and oxygen atoms in total. The summed E-state index contributed by atoms with van der Waals surface area (Å²) in [5.41, 5.74) is -1.51. The van der Waals surface area contributed by atoms with Crippen molar-refractivity contribution in [3.63, 3.8) is 0 Å². The molecule has 14 heteroatoms. The Balaban J connectivity index is 0.00000242. The summed E-state index contributed by atoms with van der Waals surface area (Å²) >= 11 is 0. The van der Waals surface area contributed by atoms with Crippen molar-refractivity contribution in [2.75, 3.05) is 6.61 Å². The molecule has 23 heavy (non-hydrogen) atoms. The fraction of sp³-hybridized carbons (Fsp3) is 0.556. The van der Waals surface area contributed by atoms with Crippen LogP contribution in [0.3, 0.4) is 0 Å². The fourth-order valence-electron chi connectivity index (χ4n) is 1.89. The molecular weight excluding hydrogens is 389 g/mol. The number of aromatic nitrogens is 2. The topological polar surface area (TPSA) is 171 Å². The van der Waals surface area contributed by atoms with E-state index in [1.54, 1.807) is 0 Å². The summed E-state index contributed by atoms with van der Waals surface area (Å²) in [6.07, 6.45) is -4.58. The number of rotatable bonds is 4. The van der Waals surface area contributed by atoms with E-state index in [0.29, 0.717) is 0 Å². The molecule has 0 aromatic carbocycles. The predicted octanol–water partition coefficient (Wildman–Crippen LogP) is -3.50. The van der Waals surface area contributed by atoms with Crippen molar-refractivity contribution < 1.29 is 33.8 Å². The van der Waals surface area contributed by atoms with Crippen LogP contribution in [0.2, 0.25) is 0 Å². The van der Waals surface area contributed by atoms with E-state index in [2.05, 4.69) is 4.52 Å². The summed E-state index contributed by atoms with van der Waals surface area (Å²) in [5.74, 6) is 0. The maximum absolute atomic E-state index is 11.6. The van der Waals surface area contributed by atoms with Crippen molar-refractivity contribution in [3.8, 4) is 0 Å². The van der Waals surface area contributed by atoms with Gasteiger partial charge >= 0.3 is 13.5 Å². The number of hydrogen-bond donors (Lipinski definition) is 5. The Kier molecular flexibility index (Phi) is 11.2.